The van der Waals surface area contributed by atoms with Gasteiger partial charge in [-0.3, -0.25) is 4.99 Å². The largest absolute Gasteiger partial charge is 0.455 e. The first-order valence-corrected chi connectivity index (χ1v) is 17.3. The molecule has 2 aromatic heterocycles. The molecule has 7 aromatic carbocycles. The lowest BCUT2D eigenvalue weighted by atomic mass is 9.97. The highest BCUT2D eigenvalue weighted by atomic mass is 16.3. The van der Waals surface area contributed by atoms with Crippen molar-refractivity contribution in [3.05, 3.63) is 193 Å². The van der Waals surface area contributed by atoms with Gasteiger partial charge in [0.2, 0.25) is 0 Å². The second-order valence-corrected chi connectivity index (χ2v) is 13.0. The Balaban J connectivity index is 1.16. The van der Waals surface area contributed by atoms with E-state index in [0.717, 1.165) is 83.0 Å². The molecular formula is C47H31N3O. The third-order valence-corrected chi connectivity index (χ3v) is 9.91. The topological polar surface area (TPSA) is 50.4 Å². The molecule has 0 fully saturated rings. The van der Waals surface area contributed by atoms with Crippen LogP contribution in [0.1, 0.15) is 22.9 Å². The van der Waals surface area contributed by atoms with Crippen LogP contribution in [0.5, 0.6) is 0 Å². The number of aliphatic imine (C=N–C) groups is 1. The lowest BCUT2D eigenvalue weighted by Crippen LogP contribution is -2.25. The summed E-state index contributed by atoms with van der Waals surface area (Å²) in [4.78, 5) is 10.5. The van der Waals surface area contributed by atoms with Crippen LogP contribution in [0.25, 0.3) is 71.7 Å². The third kappa shape index (κ3) is 5.00. The van der Waals surface area contributed by atoms with Crippen molar-refractivity contribution in [2.24, 2.45) is 4.99 Å². The van der Waals surface area contributed by atoms with Gasteiger partial charge in [-0.2, -0.15) is 0 Å². The van der Waals surface area contributed by atoms with Crippen LogP contribution in [-0.2, 0) is 0 Å². The van der Waals surface area contributed by atoms with Gasteiger partial charge >= 0.3 is 0 Å². The SMILES string of the molecule is C1=C(c2ccccc2)NC(c2cccc3c2oc2c3ccc3c(-c4ccccc4)nc4ccccc4c32)N=C1c1ccc(-c2ccccc2)cc1. The summed E-state index contributed by atoms with van der Waals surface area (Å²) in [6.07, 6.45) is 1.78. The summed E-state index contributed by atoms with van der Waals surface area (Å²) in [5, 5.41) is 9.11. The predicted octanol–water partition coefficient (Wildman–Crippen LogP) is 11.8. The molecule has 51 heavy (non-hydrogen) atoms. The Bertz CT molecular complexity index is 2800. The van der Waals surface area contributed by atoms with E-state index in [9.17, 15) is 0 Å². The quantitative estimate of drug-likeness (QED) is 0.188. The summed E-state index contributed by atoms with van der Waals surface area (Å²) >= 11 is 0. The number of nitrogens with zero attached hydrogens (tertiary/aromatic N) is 2. The van der Waals surface area contributed by atoms with Crippen LogP contribution < -0.4 is 5.32 Å². The number of nitrogens with one attached hydrogen (secondary N) is 1. The normalized spacial score (nSPS) is 14.5. The number of furan rings is 1. The van der Waals surface area contributed by atoms with E-state index < -0.39 is 0 Å². The van der Waals surface area contributed by atoms with Gasteiger partial charge in [-0.15, -0.1) is 0 Å². The Morgan fingerprint density at radius 1 is 0.451 bits per heavy atom. The van der Waals surface area contributed by atoms with Gasteiger partial charge in [-0.1, -0.05) is 158 Å². The number of hydrogen-bond acceptors (Lipinski definition) is 4. The maximum atomic E-state index is 7.04. The van der Waals surface area contributed by atoms with Crippen molar-refractivity contribution in [3.8, 4) is 22.4 Å². The molecule has 1 aliphatic heterocycles. The van der Waals surface area contributed by atoms with Crippen LogP contribution in [-0.4, -0.2) is 10.7 Å². The van der Waals surface area contributed by atoms with Gasteiger partial charge in [0.15, 0.2) is 0 Å². The number of para-hydroxylation sites is 2. The molecule has 240 valence electrons. The Labute approximate surface area is 295 Å². The zero-order chi connectivity index (χ0) is 33.7. The minimum absolute atomic E-state index is 0.372. The molecule has 10 rings (SSSR count). The molecule has 9 aromatic rings. The lowest BCUT2D eigenvalue weighted by molar-refractivity contribution is 0.626. The molecule has 3 heterocycles. The van der Waals surface area contributed by atoms with Crippen LogP contribution >= 0.6 is 0 Å². The molecule has 4 heteroatoms. The molecule has 0 aliphatic carbocycles. The van der Waals surface area contributed by atoms with Gasteiger partial charge in [0.25, 0.3) is 0 Å². The molecule has 4 nitrogen and oxygen atoms in total. The third-order valence-electron chi connectivity index (χ3n) is 9.91. The predicted molar refractivity (Wildman–Crippen MR) is 211 cm³/mol. The average Bonchev–Trinajstić information content (AvgIpc) is 3.60. The standard InChI is InChI=1S/C47H31N3O/c1-4-13-30(14-5-1)31-23-25-33(26-24-31)42-29-41(32-15-6-2-7-16-32)49-47(50-42)39-21-12-20-35-36-27-28-38-43(46(36)51-45(35)39)37-19-10-11-22-40(37)48-44(38)34-17-8-3-9-18-34/h1-29,47,49H. The van der Waals surface area contributed by atoms with Crippen molar-refractivity contribution >= 4 is 55.0 Å². The summed E-state index contributed by atoms with van der Waals surface area (Å²) in [6.45, 7) is 0. The summed E-state index contributed by atoms with van der Waals surface area (Å²) in [5.41, 5.74) is 12.1. The van der Waals surface area contributed by atoms with Crippen molar-refractivity contribution in [3.63, 3.8) is 0 Å². The van der Waals surface area contributed by atoms with Crippen LogP contribution in [0.4, 0.5) is 0 Å². The Morgan fingerprint density at radius 3 is 1.80 bits per heavy atom. The monoisotopic (exact) mass is 653 g/mol. The molecule has 0 amide bonds. The number of allylic oxidation sites excluding steroid dienone is 1. The van der Waals surface area contributed by atoms with Crippen molar-refractivity contribution in [1.29, 1.82) is 0 Å². The minimum Gasteiger partial charge on any atom is -0.455 e. The zero-order valence-corrected chi connectivity index (χ0v) is 27.6. The van der Waals surface area contributed by atoms with E-state index in [2.05, 4.69) is 157 Å². The Hall–Kier alpha value is -6.78. The summed E-state index contributed by atoms with van der Waals surface area (Å²) in [7, 11) is 0. The number of rotatable bonds is 5. The van der Waals surface area contributed by atoms with Crippen LogP contribution in [0.3, 0.4) is 0 Å². The molecule has 1 aliphatic rings. The van der Waals surface area contributed by atoms with Crippen LogP contribution in [0, 0.1) is 0 Å². The summed E-state index contributed by atoms with van der Waals surface area (Å²) < 4.78 is 7.04. The van der Waals surface area contributed by atoms with E-state index in [0.29, 0.717) is 0 Å². The fraction of sp³-hybridized carbons (Fsp3) is 0.0213. The molecule has 0 spiro atoms. The smallest absolute Gasteiger partial charge is 0.149 e. The summed E-state index contributed by atoms with van der Waals surface area (Å²) in [6, 6.07) is 59.1. The first-order chi connectivity index (χ1) is 25.3. The fourth-order valence-electron chi connectivity index (χ4n) is 7.43. The maximum absolute atomic E-state index is 7.04. The summed E-state index contributed by atoms with van der Waals surface area (Å²) in [5.74, 6) is 0. The molecule has 1 N–H and O–H groups in total. The van der Waals surface area contributed by atoms with E-state index in [4.69, 9.17) is 14.4 Å². The highest BCUT2D eigenvalue weighted by Crippen LogP contribution is 2.42. The highest BCUT2D eigenvalue weighted by molar-refractivity contribution is 6.25. The van der Waals surface area contributed by atoms with E-state index in [-0.39, 0.29) is 6.17 Å². The van der Waals surface area contributed by atoms with Gasteiger partial charge < -0.3 is 9.73 Å². The van der Waals surface area contributed by atoms with E-state index in [1.807, 2.05) is 24.3 Å². The van der Waals surface area contributed by atoms with Crippen molar-refractivity contribution in [2.75, 3.05) is 0 Å². The molecule has 0 radical (unpaired) electrons. The van der Waals surface area contributed by atoms with Gasteiger partial charge in [0.1, 0.15) is 17.3 Å². The number of benzene rings is 7. The number of fused-ring (bicyclic) bond motifs is 7. The second-order valence-electron chi connectivity index (χ2n) is 13.0. The fourth-order valence-corrected chi connectivity index (χ4v) is 7.43. The van der Waals surface area contributed by atoms with Crippen LogP contribution in [0.2, 0.25) is 0 Å². The molecule has 0 bridgehead atoms. The van der Waals surface area contributed by atoms with Gasteiger partial charge in [0.05, 0.1) is 16.9 Å². The van der Waals surface area contributed by atoms with E-state index in [1.165, 1.54) is 11.1 Å². The molecule has 0 saturated carbocycles. The second kappa shape index (κ2) is 12.0. The molecule has 1 atom stereocenters. The zero-order valence-electron chi connectivity index (χ0n) is 27.6. The number of pyridine rings is 1. The lowest BCUT2D eigenvalue weighted by Gasteiger charge is -2.25. The average molecular weight is 654 g/mol. The first-order valence-electron chi connectivity index (χ1n) is 17.3. The minimum atomic E-state index is -0.372. The van der Waals surface area contributed by atoms with Gasteiger partial charge in [0, 0.05) is 43.8 Å². The Morgan fingerprint density at radius 2 is 1.04 bits per heavy atom. The molecular weight excluding hydrogens is 623 g/mol. The highest BCUT2D eigenvalue weighted by Gasteiger charge is 2.25. The van der Waals surface area contributed by atoms with Gasteiger partial charge in [-0.05, 0) is 40.5 Å². The number of aromatic nitrogens is 1. The Kier molecular flexibility index (Phi) is 6.85. The van der Waals surface area contributed by atoms with Crippen molar-refractivity contribution in [2.45, 2.75) is 6.17 Å². The van der Waals surface area contributed by atoms with Gasteiger partial charge in [-0.25, -0.2) is 4.98 Å². The first kappa shape index (κ1) is 29.2. The van der Waals surface area contributed by atoms with Crippen molar-refractivity contribution < 1.29 is 4.42 Å². The van der Waals surface area contributed by atoms with Crippen molar-refractivity contribution in [1.82, 2.24) is 10.3 Å². The molecule has 0 saturated heterocycles. The number of hydrogen-bond donors (Lipinski definition) is 1. The van der Waals surface area contributed by atoms with Crippen LogP contribution in [0.15, 0.2) is 185 Å². The molecule has 1 unspecified atom stereocenters. The van der Waals surface area contributed by atoms with E-state index >= 15 is 0 Å². The van der Waals surface area contributed by atoms with E-state index in [1.54, 1.807) is 0 Å². The maximum Gasteiger partial charge on any atom is 0.149 e.